The largest absolute Gasteiger partial charge is 0.370 e. The van der Waals surface area contributed by atoms with Gasteiger partial charge in [-0.25, -0.2) is 0 Å². The summed E-state index contributed by atoms with van der Waals surface area (Å²) in [4.78, 5) is 26.7. The second-order valence-corrected chi connectivity index (χ2v) is 5.67. The molecule has 5 nitrogen and oxygen atoms in total. The fourth-order valence-corrected chi connectivity index (χ4v) is 2.45. The zero-order valence-electron chi connectivity index (χ0n) is 10.7. The first-order valence-corrected chi connectivity index (χ1v) is 6.82. The number of primary amides is 1. The number of nitrogens with two attached hydrogens (primary N) is 1. The quantitative estimate of drug-likeness (QED) is 0.794. The maximum Gasteiger partial charge on any atom is 0.225 e. The zero-order valence-corrected chi connectivity index (χ0v) is 11.5. The van der Waals surface area contributed by atoms with Crippen LogP contribution >= 0.6 is 11.3 Å². The molecule has 0 bridgehead atoms. The van der Waals surface area contributed by atoms with Gasteiger partial charge in [-0.3, -0.25) is 14.6 Å². The van der Waals surface area contributed by atoms with E-state index in [-0.39, 0.29) is 24.2 Å². The predicted molar refractivity (Wildman–Crippen MR) is 72.1 cm³/mol. The van der Waals surface area contributed by atoms with Gasteiger partial charge in [0.15, 0.2) is 0 Å². The number of rotatable bonds is 7. The van der Waals surface area contributed by atoms with Crippen LogP contribution in [0.2, 0.25) is 0 Å². The summed E-state index contributed by atoms with van der Waals surface area (Å²) in [5.41, 5.74) is 6.86. The van der Waals surface area contributed by atoms with Gasteiger partial charge in [0.05, 0.1) is 11.7 Å². The zero-order chi connectivity index (χ0) is 13.5. The second-order valence-electron chi connectivity index (χ2n) is 4.78. The van der Waals surface area contributed by atoms with Crippen molar-refractivity contribution in [3.63, 3.8) is 0 Å². The van der Waals surface area contributed by atoms with Crippen LogP contribution in [0.1, 0.15) is 33.1 Å². The normalized spacial score (nSPS) is 12.4. The third-order valence-electron chi connectivity index (χ3n) is 2.46. The lowest BCUT2D eigenvalue weighted by Crippen LogP contribution is -2.22. The van der Waals surface area contributed by atoms with Crippen molar-refractivity contribution in [3.05, 3.63) is 11.7 Å². The van der Waals surface area contributed by atoms with E-state index < -0.39 is 0 Å². The smallest absolute Gasteiger partial charge is 0.225 e. The number of nitrogens with zero attached hydrogens (tertiary/aromatic N) is 1. The van der Waals surface area contributed by atoms with E-state index in [1.165, 1.54) is 11.3 Å². The SMILES string of the molecule is CC(C)CC(CC(N)=O)CC(=O)Nc1cncs1. The summed E-state index contributed by atoms with van der Waals surface area (Å²) in [6, 6.07) is 0. The highest BCUT2D eigenvalue weighted by Crippen LogP contribution is 2.20. The van der Waals surface area contributed by atoms with Crippen LogP contribution in [0.3, 0.4) is 0 Å². The maximum absolute atomic E-state index is 11.8. The van der Waals surface area contributed by atoms with Gasteiger partial charge in [-0.15, -0.1) is 11.3 Å². The van der Waals surface area contributed by atoms with Crippen LogP contribution < -0.4 is 11.1 Å². The minimum atomic E-state index is -0.355. The molecule has 0 radical (unpaired) electrons. The summed E-state index contributed by atoms with van der Waals surface area (Å²) in [7, 11) is 0. The fraction of sp³-hybridized carbons (Fsp3) is 0.583. The van der Waals surface area contributed by atoms with Gasteiger partial charge < -0.3 is 11.1 Å². The van der Waals surface area contributed by atoms with Crippen LogP contribution in [-0.2, 0) is 9.59 Å². The minimum absolute atomic E-state index is 0.00965. The molecule has 1 heterocycles. The van der Waals surface area contributed by atoms with Crippen molar-refractivity contribution in [1.29, 1.82) is 0 Å². The molecule has 0 aliphatic rings. The molecule has 0 saturated heterocycles. The molecule has 18 heavy (non-hydrogen) atoms. The van der Waals surface area contributed by atoms with Crippen LogP contribution in [0.4, 0.5) is 5.00 Å². The monoisotopic (exact) mass is 269 g/mol. The van der Waals surface area contributed by atoms with Crippen molar-refractivity contribution >= 4 is 28.2 Å². The minimum Gasteiger partial charge on any atom is -0.370 e. The van der Waals surface area contributed by atoms with Gasteiger partial charge >= 0.3 is 0 Å². The van der Waals surface area contributed by atoms with Crippen LogP contribution in [0.15, 0.2) is 11.7 Å². The molecule has 1 atom stereocenters. The summed E-state index contributed by atoms with van der Waals surface area (Å²) in [5.74, 6) is -0.00151. The molecule has 6 heteroatoms. The van der Waals surface area contributed by atoms with E-state index in [4.69, 9.17) is 5.73 Å². The van der Waals surface area contributed by atoms with Crippen molar-refractivity contribution in [1.82, 2.24) is 4.98 Å². The number of carbonyl (C=O) groups is 2. The Bertz CT molecular complexity index is 390. The molecule has 0 saturated carbocycles. The Balaban J connectivity index is 2.48. The van der Waals surface area contributed by atoms with Crippen LogP contribution in [-0.4, -0.2) is 16.8 Å². The van der Waals surface area contributed by atoms with Crippen LogP contribution in [0.25, 0.3) is 0 Å². The molecule has 0 fully saturated rings. The van der Waals surface area contributed by atoms with Gasteiger partial charge in [0.25, 0.3) is 0 Å². The van der Waals surface area contributed by atoms with Crippen molar-refractivity contribution in [2.45, 2.75) is 33.1 Å². The third-order valence-corrected chi connectivity index (χ3v) is 3.15. The van der Waals surface area contributed by atoms with Crippen molar-refractivity contribution in [3.8, 4) is 0 Å². The third kappa shape index (κ3) is 5.77. The summed E-state index contributed by atoms with van der Waals surface area (Å²) >= 11 is 1.37. The van der Waals surface area contributed by atoms with Crippen molar-refractivity contribution in [2.75, 3.05) is 5.32 Å². The number of aromatic nitrogens is 1. The molecule has 0 spiro atoms. The van der Waals surface area contributed by atoms with Crippen molar-refractivity contribution in [2.24, 2.45) is 17.6 Å². The number of anilines is 1. The first kappa shape index (κ1) is 14.6. The molecular formula is C12H19N3O2S. The standard InChI is InChI=1S/C12H19N3O2S/c1-8(2)3-9(4-10(13)16)5-11(17)15-12-6-14-7-18-12/h6-9H,3-5H2,1-2H3,(H2,13,16)(H,15,17). The molecule has 0 aromatic carbocycles. The van der Waals surface area contributed by atoms with Gasteiger partial charge in [-0.1, -0.05) is 13.8 Å². The van der Waals surface area contributed by atoms with E-state index in [2.05, 4.69) is 24.1 Å². The molecule has 1 unspecified atom stereocenters. The number of carbonyl (C=O) groups excluding carboxylic acids is 2. The molecule has 1 aromatic rings. The molecule has 3 N–H and O–H groups in total. The number of nitrogens with one attached hydrogen (secondary N) is 1. The molecule has 1 rings (SSSR count). The second kappa shape index (κ2) is 7.10. The summed E-state index contributed by atoms with van der Waals surface area (Å²) in [5, 5.41) is 3.49. The van der Waals surface area contributed by atoms with Gasteiger partial charge in [-0.05, 0) is 18.3 Å². The first-order chi connectivity index (χ1) is 8.47. The average molecular weight is 269 g/mol. The Labute approximate surface area is 111 Å². The van der Waals surface area contributed by atoms with Gasteiger partial charge in [0.2, 0.25) is 11.8 Å². The molecule has 2 amide bonds. The lowest BCUT2D eigenvalue weighted by Gasteiger charge is -2.16. The van der Waals surface area contributed by atoms with Crippen LogP contribution in [0.5, 0.6) is 0 Å². The highest BCUT2D eigenvalue weighted by molar-refractivity contribution is 7.13. The highest BCUT2D eigenvalue weighted by atomic mass is 32.1. The molecular weight excluding hydrogens is 250 g/mol. The molecule has 1 aromatic heterocycles. The summed E-state index contributed by atoms with van der Waals surface area (Å²) in [6.45, 7) is 4.13. The lowest BCUT2D eigenvalue weighted by atomic mass is 9.91. The molecule has 0 aliphatic carbocycles. The number of hydrogen-bond acceptors (Lipinski definition) is 4. The van der Waals surface area contributed by atoms with Crippen LogP contribution in [0, 0.1) is 11.8 Å². The van der Waals surface area contributed by atoms with Gasteiger partial charge in [0, 0.05) is 12.8 Å². The number of hydrogen-bond donors (Lipinski definition) is 2. The van der Waals surface area contributed by atoms with E-state index >= 15 is 0 Å². The Morgan fingerprint density at radius 2 is 2.17 bits per heavy atom. The Morgan fingerprint density at radius 1 is 1.44 bits per heavy atom. The predicted octanol–water partition coefficient (Wildman–Crippen LogP) is 2.01. The topological polar surface area (TPSA) is 85.1 Å². The fourth-order valence-electron chi connectivity index (χ4n) is 1.92. The van der Waals surface area contributed by atoms with Gasteiger partial charge in [-0.2, -0.15) is 0 Å². The highest BCUT2D eigenvalue weighted by Gasteiger charge is 2.18. The maximum atomic E-state index is 11.8. The summed E-state index contributed by atoms with van der Waals surface area (Å²) < 4.78 is 0. The first-order valence-electron chi connectivity index (χ1n) is 5.94. The molecule has 0 aliphatic heterocycles. The Hall–Kier alpha value is -1.43. The molecule has 100 valence electrons. The van der Waals surface area contributed by atoms with E-state index in [1.54, 1.807) is 11.7 Å². The number of thiazole rings is 1. The van der Waals surface area contributed by atoms with Crippen molar-refractivity contribution < 1.29 is 9.59 Å². The Kier molecular flexibility index (Phi) is 5.77. The van der Waals surface area contributed by atoms with E-state index in [9.17, 15) is 9.59 Å². The van der Waals surface area contributed by atoms with E-state index in [0.29, 0.717) is 12.3 Å². The lowest BCUT2D eigenvalue weighted by molar-refractivity contribution is -0.120. The van der Waals surface area contributed by atoms with E-state index in [1.807, 2.05) is 0 Å². The van der Waals surface area contributed by atoms with E-state index in [0.717, 1.165) is 11.4 Å². The summed E-state index contributed by atoms with van der Waals surface area (Å²) in [6.07, 6.45) is 3.00. The average Bonchev–Trinajstić information content (AvgIpc) is 2.67. The number of amides is 2. The van der Waals surface area contributed by atoms with Gasteiger partial charge in [0.1, 0.15) is 5.00 Å². The Morgan fingerprint density at radius 3 is 2.67 bits per heavy atom.